The summed E-state index contributed by atoms with van der Waals surface area (Å²) in [6, 6.07) is 33.7. The van der Waals surface area contributed by atoms with Gasteiger partial charge >= 0.3 is 6.09 Å². The van der Waals surface area contributed by atoms with Gasteiger partial charge in [-0.25, -0.2) is 4.79 Å². The monoisotopic (exact) mass is 770 g/mol. The van der Waals surface area contributed by atoms with Gasteiger partial charge in [0.2, 0.25) is 0 Å². The third-order valence-electron chi connectivity index (χ3n) is 9.19. The molecule has 0 aromatic heterocycles. The van der Waals surface area contributed by atoms with E-state index in [9.17, 15) is 4.79 Å². The van der Waals surface area contributed by atoms with Crippen LogP contribution in [0.25, 0.3) is 0 Å². The zero-order chi connectivity index (χ0) is 31.9. The maximum absolute atomic E-state index is 12.1. The smallest absolute Gasteiger partial charge is 0.409 e. The Balaban J connectivity index is 0.000000182. The molecule has 6 rings (SSSR count). The molecule has 1 amide bonds. The largest absolute Gasteiger partial charge is 0.450 e. The highest BCUT2D eigenvalue weighted by Crippen LogP contribution is 2.43. The van der Waals surface area contributed by atoms with Crippen molar-refractivity contribution >= 4 is 61.2 Å². The predicted octanol–water partition coefficient (Wildman–Crippen LogP) is 10.4. The lowest BCUT2D eigenvalue weighted by atomic mass is 9.68. The van der Waals surface area contributed by atoms with E-state index in [1.165, 1.54) is 22.3 Å². The van der Waals surface area contributed by atoms with Gasteiger partial charge in [-0.2, -0.15) is 0 Å². The molecule has 0 aliphatic carbocycles. The minimum atomic E-state index is -0.219. The van der Waals surface area contributed by atoms with Crippen LogP contribution in [0.5, 0.6) is 0 Å². The third kappa shape index (κ3) is 7.97. The Bertz CT molecular complexity index is 1440. The third-order valence-corrected chi connectivity index (χ3v) is 10.7. The highest BCUT2D eigenvalue weighted by Gasteiger charge is 2.39. The van der Waals surface area contributed by atoms with E-state index < -0.39 is 0 Å². The first-order valence-electron chi connectivity index (χ1n) is 15.4. The Morgan fingerprint density at radius 3 is 1.40 bits per heavy atom. The van der Waals surface area contributed by atoms with Crippen LogP contribution in [0.15, 0.2) is 106 Å². The number of hydrogen-bond acceptors (Lipinski definition) is 3. The SMILES string of the molecule is CCOC(=O)N1CCC(c2ccc(Cl)cc2)(c2ccc(Br)cc2)CC1.Clc1ccc(C2(c3ccc(Br)cc3)CCNCC2)cc1. The van der Waals surface area contributed by atoms with Crippen LogP contribution < -0.4 is 5.32 Å². The average Bonchev–Trinajstić information content (AvgIpc) is 3.07. The van der Waals surface area contributed by atoms with Crippen LogP contribution in [0, 0.1) is 0 Å². The van der Waals surface area contributed by atoms with Gasteiger partial charge in [0.05, 0.1) is 6.61 Å². The topological polar surface area (TPSA) is 41.6 Å². The molecule has 2 fully saturated rings. The molecule has 1 N–H and O–H groups in total. The van der Waals surface area contributed by atoms with Gasteiger partial charge in [0.1, 0.15) is 0 Å². The van der Waals surface area contributed by atoms with Crippen molar-refractivity contribution in [2.75, 3.05) is 32.8 Å². The number of rotatable bonds is 5. The summed E-state index contributed by atoms with van der Waals surface area (Å²) in [7, 11) is 0. The fourth-order valence-electron chi connectivity index (χ4n) is 6.70. The molecule has 4 nitrogen and oxygen atoms in total. The number of benzene rings is 4. The molecule has 2 saturated heterocycles. The molecular weight excluding hydrogens is 735 g/mol. The fraction of sp³-hybridized carbons (Fsp3) is 0.324. The molecule has 0 radical (unpaired) electrons. The van der Waals surface area contributed by atoms with Crippen LogP contribution in [0.1, 0.15) is 54.9 Å². The second-order valence-corrected chi connectivity index (χ2v) is 14.3. The first-order valence-corrected chi connectivity index (χ1v) is 17.8. The van der Waals surface area contributed by atoms with Gasteiger partial charge < -0.3 is 15.0 Å². The van der Waals surface area contributed by atoms with Gasteiger partial charge in [-0.1, -0.05) is 104 Å². The van der Waals surface area contributed by atoms with E-state index in [0.29, 0.717) is 19.7 Å². The van der Waals surface area contributed by atoms with Gasteiger partial charge in [-0.15, -0.1) is 0 Å². The maximum atomic E-state index is 12.1. The van der Waals surface area contributed by atoms with Crippen LogP contribution in [0.2, 0.25) is 10.0 Å². The minimum Gasteiger partial charge on any atom is -0.450 e. The van der Waals surface area contributed by atoms with Crippen LogP contribution in [0.3, 0.4) is 0 Å². The zero-order valence-electron chi connectivity index (χ0n) is 25.4. The summed E-state index contributed by atoms with van der Waals surface area (Å²) in [6.45, 7) is 5.71. The number of halogens is 4. The quantitative estimate of drug-likeness (QED) is 0.220. The van der Waals surface area contributed by atoms with E-state index in [-0.39, 0.29) is 16.9 Å². The fourth-order valence-corrected chi connectivity index (χ4v) is 7.48. The number of hydrogen-bond donors (Lipinski definition) is 1. The number of carbonyl (C=O) groups excluding carboxylic acids is 1. The first kappa shape index (κ1) is 34.0. The van der Waals surface area contributed by atoms with Crippen molar-refractivity contribution in [1.82, 2.24) is 10.2 Å². The number of nitrogens with one attached hydrogen (secondary N) is 1. The van der Waals surface area contributed by atoms with Crippen molar-refractivity contribution < 1.29 is 9.53 Å². The standard InChI is InChI=1S/C20H21BrClNO2.C17H17BrClN/c1-2-25-19(24)23-13-11-20(12-14-23,15-3-7-17(21)8-4-15)16-5-9-18(22)10-6-16;18-15-5-1-13(2-6-15)17(9-11-20-12-10-17)14-3-7-16(19)8-4-14/h3-10H,2,11-14H2,1H3;1-8,20H,9-12H2. The van der Waals surface area contributed by atoms with E-state index in [1.807, 2.05) is 31.2 Å². The molecule has 236 valence electrons. The molecule has 2 heterocycles. The number of piperidine rings is 2. The molecular formula is C37H38Br2Cl2N2O2. The molecule has 0 saturated carbocycles. The molecule has 0 unspecified atom stereocenters. The Hall–Kier alpha value is -2.35. The second kappa shape index (κ2) is 15.5. The van der Waals surface area contributed by atoms with E-state index in [0.717, 1.165) is 57.8 Å². The normalized spacial score (nSPS) is 17.1. The van der Waals surface area contributed by atoms with Gasteiger partial charge in [0, 0.05) is 42.9 Å². The van der Waals surface area contributed by atoms with E-state index in [1.54, 1.807) is 4.90 Å². The van der Waals surface area contributed by atoms with Crippen LogP contribution >= 0.6 is 55.1 Å². The van der Waals surface area contributed by atoms with Crippen LogP contribution in [-0.2, 0) is 15.6 Å². The Morgan fingerprint density at radius 1 is 0.667 bits per heavy atom. The number of ether oxygens (including phenoxy) is 1. The van der Waals surface area contributed by atoms with Gasteiger partial charge in [-0.3, -0.25) is 0 Å². The Morgan fingerprint density at radius 2 is 1.02 bits per heavy atom. The number of carbonyl (C=O) groups is 1. The molecule has 4 aromatic rings. The Kier molecular flexibility index (Phi) is 11.7. The number of likely N-dealkylation sites (tertiary alicyclic amines) is 1. The summed E-state index contributed by atoms with van der Waals surface area (Å²) < 4.78 is 7.34. The van der Waals surface area contributed by atoms with Crippen LogP contribution in [0.4, 0.5) is 4.79 Å². The molecule has 0 atom stereocenters. The van der Waals surface area contributed by atoms with Crippen molar-refractivity contribution in [1.29, 1.82) is 0 Å². The van der Waals surface area contributed by atoms with Crippen molar-refractivity contribution in [3.63, 3.8) is 0 Å². The highest BCUT2D eigenvalue weighted by molar-refractivity contribution is 9.10. The molecule has 8 heteroatoms. The van der Waals surface area contributed by atoms with Crippen molar-refractivity contribution in [2.24, 2.45) is 0 Å². The Labute approximate surface area is 293 Å². The summed E-state index contributed by atoms with van der Waals surface area (Å²) in [5, 5.41) is 5.00. The lowest BCUT2D eigenvalue weighted by Gasteiger charge is -2.42. The lowest BCUT2D eigenvalue weighted by molar-refractivity contribution is 0.0907. The van der Waals surface area contributed by atoms with E-state index in [4.69, 9.17) is 27.9 Å². The number of nitrogens with zero attached hydrogens (tertiary/aromatic N) is 1. The maximum Gasteiger partial charge on any atom is 0.409 e. The molecule has 4 aromatic carbocycles. The zero-order valence-corrected chi connectivity index (χ0v) is 30.1. The first-order chi connectivity index (χ1) is 21.8. The minimum absolute atomic E-state index is 0.108. The van der Waals surface area contributed by atoms with Gasteiger partial charge in [-0.05, 0) is 116 Å². The van der Waals surface area contributed by atoms with E-state index >= 15 is 0 Å². The summed E-state index contributed by atoms with van der Waals surface area (Å²) in [5.74, 6) is 0. The number of amides is 1. The summed E-state index contributed by atoms with van der Waals surface area (Å²) in [6.07, 6.45) is 3.74. The molecule has 2 aliphatic rings. The predicted molar refractivity (Wildman–Crippen MR) is 193 cm³/mol. The molecule has 2 aliphatic heterocycles. The molecule has 45 heavy (non-hydrogen) atoms. The van der Waals surface area contributed by atoms with Crippen molar-refractivity contribution in [3.05, 3.63) is 138 Å². The van der Waals surface area contributed by atoms with Gasteiger partial charge in [0.15, 0.2) is 0 Å². The second-order valence-electron chi connectivity index (χ2n) is 11.6. The average molecular weight is 773 g/mol. The van der Waals surface area contributed by atoms with Crippen molar-refractivity contribution in [2.45, 2.75) is 43.4 Å². The molecule has 0 bridgehead atoms. The summed E-state index contributed by atoms with van der Waals surface area (Å²) >= 11 is 19.2. The van der Waals surface area contributed by atoms with Crippen LogP contribution in [-0.4, -0.2) is 43.8 Å². The van der Waals surface area contributed by atoms with Crippen molar-refractivity contribution in [3.8, 4) is 0 Å². The van der Waals surface area contributed by atoms with Gasteiger partial charge in [0.25, 0.3) is 0 Å². The highest BCUT2D eigenvalue weighted by atomic mass is 79.9. The summed E-state index contributed by atoms with van der Waals surface area (Å²) in [5.41, 5.74) is 5.25. The molecule has 0 spiro atoms. The summed E-state index contributed by atoms with van der Waals surface area (Å²) in [4.78, 5) is 13.9. The van der Waals surface area contributed by atoms with E-state index in [2.05, 4.69) is 110 Å². The lowest BCUT2D eigenvalue weighted by Crippen LogP contribution is -2.46.